The van der Waals surface area contributed by atoms with E-state index in [1.54, 1.807) is 26.1 Å². The van der Waals surface area contributed by atoms with E-state index < -0.39 is 29.9 Å². The lowest BCUT2D eigenvalue weighted by atomic mass is 9.99. The molecule has 178 valence electrons. The maximum absolute atomic E-state index is 14.7. The molecule has 0 saturated carbocycles. The van der Waals surface area contributed by atoms with Crippen molar-refractivity contribution in [2.75, 3.05) is 18.4 Å². The number of carboxylic acid groups (broad SMARTS) is 1. The minimum atomic E-state index is -2.94. The molecule has 8 nitrogen and oxygen atoms in total. The summed E-state index contributed by atoms with van der Waals surface area (Å²) < 4.78 is 42.3. The molecule has 0 aliphatic carbocycles. The zero-order valence-electron chi connectivity index (χ0n) is 18.4. The predicted octanol–water partition coefficient (Wildman–Crippen LogP) is 4.35. The zero-order chi connectivity index (χ0) is 24.6. The maximum Gasteiger partial charge on any atom is 0.407 e. The molecule has 3 aromatic rings. The first-order valence-corrected chi connectivity index (χ1v) is 10.5. The monoisotopic (exact) mass is 473 g/mol. The smallest absolute Gasteiger partial charge is 0.407 e. The molecule has 34 heavy (non-hydrogen) atoms. The van der Waals surface area contributed by atoms with E-state index in [0.29, 0.717) is 34.4 Å². The number of alkyl halides is 2. The third-order valence-corrected chi connectivity index (χ3v) is 5.94. The van der Waals surface area contributed by atoms with Crippen LogP contribution in [0, 0.1) is 5.82 Å². The van der Waals surface area contributed by atoms with Gasteiger partial charge in [-0.1, -0.05) is 24.3 Å². The topological polar surface area (TPSA) is 100 Å². The number of hydrogen-bond acceptors (Lipinski definition) is 5. The molecule has 2 aromatic heterocycles. The van der Waals surface area contributed by atoms with Crippen molar-refractivity contribution in [1.82, 2.24) is 19.4 Å². The van der Waals surface area contributed by atoms with Crippen molar-refractivity contribution in [2.45, 2.75) is 25.8 Å². The van der Waals surface area contributed by atoms with Crippen LogP contribution in [-0.4, -0.2) is 43.7 Å². The lowest BCUT2D eigenvalue weighted by Crippen LogP contribution is -2.34. The van der Waals surface area contributed by atoms with Gasteiger partial charge in [0.1, 0.15) is 23.6 Å². The lowest BCUT2D eigenvalue weighted by molar-refractivity contribution is 0.146. The Kier molecular flexibility index (Phi) is 6.27. The van der Waals surface area contributed by atoms with Crippen molar-refractivity contribution in [3.63, 3.8) is 0 Å². The molecule has 1 amide bonds. The molecule has 0 saturated heterocycles. The fourth-order valence-corrected chi connectivity index (χ4v) is 4.06. The van der Waals surface area contributed by atoms with Crippen LogP contribution in [0.15, 0.2) is 41.5 Å². The summed E-state index contributed by atoms with van der Waals surface area (Å²) in [5, 5.41) is 12.7. The van der Waals surface area contributed by atoms with Gasteiger partial charge in [0, 0.05) is 31.3 Å². The Hall–Kier alpha value is -3.89. The first kappa shape index (κ1) is 23.3. The summed E-state index contributed by atoms with van der Waals surface area (Å²) in [6.07, 6.45) is -0.646. The van der Waals surface area contributed by atoms with Crippen LogP contribution >= 0.6 is 0 Å². The molecular weight excluding hydrogens is 451 g/mol. The molecule has 1 atom stereocenters. The van der Waals surface area contributed by atoms with Crippen LogP contribution in [0.2, 0.25) is 0 Å². The lowest BCUT2D eigenvalue weighted by Gasteiger charge is -2.24. The van der Waals surface area contributed by atoms with E-state index in [-0.39, 0.29) is 24.2 Å². The number of benzene rings is 1. The summed E-state index contributed by atoms with van der Waals surface area (Å²) in [6.45, 7) is 2.04. The highest BCUT2D eigenvalue weighted by Gasteiger charge is 2.23. The second-order valence-electron chi connectivity index (χ2n) is 8.01. The maximum atomic E-state index is 14.7. The number of hydrogen-bond donors (Lipinski definition) is 2. The van der Waals surface area contributed by atoms with Gasteiger partial charge in [0.15, 0.2) is 0 Å². The molecular formula is C23H22F3N5O3. The molecule has 11 heteroatoms. The first-order chi connectivity index (χ1) is 16.2. The molecule has 0 radical (unpaired) electrons. The molecule has 4 rings (SSSR count). The number of pyridine rings is 1. The van der Waals surface area contributed by atoms with Gasteiger partial charge < -0.3 is 15.3 Å². The summed E-state index contributed by atoms with van der Waals surface area (Å²) in [7, 11) is 1.56. The number of aromatic nitrogens is 3. The highest BCUT2D eigenvalue weighted by Crippen LogP contribution is 2.31. The summed E-state index contributed by atoms with van der Waals surface area (Å²) in [6, 6.07) is 4.75. The quantitative estimate of drug-likeness (QED) is 0.572. The first-order valence-electron chi connectivity index (χ1n) is 10.5. The van der Waals surface area contributed by atoms with E-state index in [0.717, 1.165) is 6.07 Å². The minimum absolute atomic E-state index is 0.0540. The average molecular weight is 473 g/mol. The van der Waals surface area contributed by atoms with Crippen molar-refractivity contribution >= 4 is 28.5 Å². The largest absolute Gasteiger partial charge is 0.465 e. The molecule has 1 aromatic carbocycles. The van der Waals surface area contributed by atoms with Crippen molar-refractivity contribution in [3.8, 4) is 0 Å². The van der Waals surface area contributed by atoms with Gasteiger partial charge >= 0.3 is 6.09 Å². The van der Waals surface area contributed by atoms with Gasteiger partial charge in [-0.15, -0.1) is 0 Å². The van der Waals surface area contributed by atoms with Crippen molar-refractivity contribution in [1.29, 1.82) is 0 Å². The predicted molar refractivity (Wildman–Crippen MR) is 120 cm³/mol. The zero-order valence-corrected chi connectivity index (χ0v) is 18.4. The number of amides is 1. The number of carbonyl (C=O) groups is 1. The van der Waals surface area contributed by atoms with Crippen molar-refractivity contribution < 1.29 is 23.1 Å². The van der Waals surface area contributed by atoms with E-state index in [1.807, 2.05) is 0 Å². The standard InChI is InChI=1S/C23H22F3N5O3/c1-12(14-4-3-5-15(18(14)24)19(25)26)29-20-17-10-16(13-6-8-31(9-7-13)23(33)34)22(32)30(2)21(17)28-11-27-20/h3-6,10-12,19H,7-9H2,1-2H3,(H,33,34)(H,27,28,29). The van der Waals surface area contributed by atoms with Crippen molar-refractivity contribution in [3.05, 3.63) is 69.5 Å². The number of aryl methyl sites for hydroxylation is 1. The average Bonchev–Trinajstić information content (AvgIpc) is 2.81. The summed E-state index contributed by atoms with van der Waals surface area (Å²) >= 11 is 0. The van der Waals surface area contributed by atoms with E-state index in [4.69, 9.17) is 5.11 Å². The Bertz CT molecular complexity index is 1360. The Balaban J connectivity index is 1.75. The van der Waals surface area contributed by atoms with Crippen LogP contribution in [0.4, 0.5) is 23.8 Å². The van der Waals surface area contributed by atoms with Crippen LogP contribution in [0.3, 0.4) is 0 Å². The summed E-state index contributed by atoms with van der Waals surface area (Å²) in [5.74, 6) is -0.681. The fourth-order valence-electron chi connectivity index (χ4n) is 4.06. The van der Waals surface area contributed by atoms with Gasteiger partial charge in [-0.2, -0.15) is 0 Å². The highest BCUT2D eigenvalue weighted by molar-refractivity contribution is 5.89. The van der Waals surface area contributed by atoms with Gasteiger partial charge in [-0.3, -0.25) is 9.36 Å². The second-order valence-corrected chi connectivity index (χ2v) is 8.01. The van der Waals surface area contributed by atoms with Crippen LogP contribution in [-0.2, 0) is 7.05 Å². The molecule has 3 heterocycles. The van der Waals surface area contributed by atoms with E-state index in [1.165, 1.54) is 27.9 Å². The SMILES string of the molecule is CC(Nc1ncnc2c1cc(C1=CCN(C(=O)O)CC1)c(=O)n2C)c1cccc(C(F)F)c1F. The molecule has 1 aliphatic heterocycles. The number of anilines is 1. The van der Waals surface area contributed by atoms with Gasteiger partial charge in [-0.25, -0.2) is 27.9 Å². The minimum Gasteiger partial charge on any atom is -0.465 e. The third-order valence-electron chi connectivity index (χ3n) is 5.94. The fraction of sp³-hybridized carbons (Fsp3) is 0.304. The summed E-state index contributed by atoms with van der Waals surface area (Å²) in [4.78, 5) is 33.8. The molecule has 2 N–H and O–H groups in total. The van der Waals surface area contributed by atoms with E-state index in [9.17, 15) is 22.8 Å². The highest BCUT2D eigenvalue weighted by atomic mass is 19.3. The normalized spacial score (nSPS) is 14.9. The molecule has 0 spiro atoms. The van der Waals surface area contributed by atoms with Gasteiger partial charge in [0.05, 0.1) is 17.0 Å². The molecule has 1 aliphatic rings. The Morgan fingerprint density at radius 2 is 1.97 bits per heavy atom. The van der Waals surface area contributed by atoms with Crippen LogP contribution < -0.4 is 10.9 Å². The Morgan fingerprint density at radius 1 is 1.24 bits per heavy atom. The van der Waals surface area contributed by atoms with Crippen LogP contribution in [0.25, 0.3) is 16.6 Å². The van der Waals surface area contributed by atoms with E-state index >= 15 is 0 Å². The van der Waals surface area contributed by atoms with Gasteiger partial charge in [0.2, 0.25) is 0 Å². The van der Waals surface area contributed by atoms with Gasteiger partial charge in [-0.05, 0) is 25.0 Å². The molecule has 1 unspecified atom stereocenters. The van der Waals surface area contributed by atoms with Crippen LogP contribution in [0.1, 0.15) is 42.5 Å². The van der Waals surface area contributed by atoms with Crippen LogP contribution in [0.5, 0.6) is 0 Å². The Morgan fingerprint density at radius 3 is 2.62 bits per heavy atom. The molecule has 0 fully saturated rings. The third kappa shape index (κ3) is 4.20. The summed E-state index contributed by atoms with van der Waals surface area (Å²) in [5.41, 5.74) is 0.510. The second kappa shape index (κ2) is 9.16. The van der Waals surface area contributed by atoms with E-state index in [2.05, 4.69) is 15.3 Å². The Labute approximate surface area is 192 Å². The number of nitrogens with zero attached hydrogens (tertiary/aromatic N) is 4. The number of nitrogens with one attached hydrogen (secondary N) is 1. The number of halogens is 3. The molecule has 0 bridgehead atoms. The number of fused-ring (bicyclic) bond motifs is 1. The number of rotatable bonds is 5. The van der Waals surface area contributed by atoms with Crippen molar-refractivity contribution in [2.24, 2.45) is 7.05 Å². The van der Waals surface area contributed by atoms with Gasteiger partial charge in [0.25, 0.3) is 12.0 Å².